The van der Waals surface area contributed by atoms with E-state index in [1.54, 1.807) is 24.2 Å². The van der Waals surface area contributed by atoms with Crippen molar-refractivity contribution in [2.45, 2.75) is 37.5 Å². The van der Waals surface area contributed by atoms with Crippen molar-refractivity contribution >= 4 is 21.6 Å². The van der Waals surface area contributed by atoms with Crippen molar-refractivity contribution in [1.29, 1.82) is 0 Å². The van der Waals surface area contributed by atoms with Gasteiger partial charge in [-0.1, -0.05) is 48.9 Å². The second-order valence-corrected chi connectivity index (χ2v) is 28.9. The van der Waals surface area contributed by atoms with Crippen molar-refractivity contribution < 1.29 is 45.3 Å². The number of hydrogen-bond acceptors (Lipinski definition) is 0. The fraction of sp³-hybridized carbons (Fsp3) is 0.240. The first-order valence-electron chi connectivity index (χ1n) is 10.2. The van der Waals surface area contributed by atoms with E-state index in [0.717, 1.165) is 6.42 Å². The van der Waals surface area contributed by atoms with E-state index in [9.17, 15) is 0 Å². The minimum Gasteiger partial charge on any atom is -1.00 e. The number of benzene rings is 2. The minimum absolute atomic E-state index is 0. The maximum atomic E-state index is 2.99. The van der Waals surface area contributed by atoms with Gasteiger partial charge in [0.2, 0.25) is 0 Å². The van der Waals surface area contributed by atoms with E-state index in [-0.39, 0.29) is 24.8 Å². The topological polar surface area (TPSA) is 0 Å². The summed E-state index contributed by atoms with van der Waals surface area (Å²) in [5, 5.41) is 2.69. The molecule has 3 aliphatic rings. The summed E-state index contributed by atoms with van der Waals surface area (Å²) < 4.78 is 0. The van der Waals surface area contributed by atoms with Crippen LogP contribution in [0.3, 0.4) is 0 Å². The normalized spacial score (nSPS) is 14.6. The third-order valence-electron chi connectivity index (χ3n) is 5.38. The van der Waals surface area contributed by atoms with E-state index < -0.39 is 0 Å². The minimum atomic E-state index is 0. The van der Waals surface area contributed by atoms with Crippen LogP contribution >= 0.6 is 0 Å². The molecule has 2 bridgehead atoms. The summed E-state index contributed by atoms with van der Waals surface area (Å²) in [5.41, 5.74) is 5.02. The molecule has 0 radical (unpaired) electrons. The van der Waals surface area contributed by atoms with Gasteiger partial charge in [0.05, 0.1) is 0 Å². The zero-order chi connectivity index (χ0) is 19.2. The molecule has 0 amide bonds. The molecule has 0 N–H and O–H groups in total. The molecule has 0 unspecified atom stereocenters. The monoisotopic (exact) mass is 542 g/mol. The predicted octanol–water partition coefficient (Wildman–Crippen LogP) is 0.927. The van der Waals surface area contributed by atoms with E-state index in [0.29, 0.717) is 31.3 Å². The summed E-state index contributed by atoms with van der Waals surface area (Å²) >= 11 is 0.465. The Morgan fingerprint density at radius 1 is 0.900 bits per heavy atom. The predicted molar refractivity (Wildman–Crippen MR) is 122 cm³/mol. The molecule has 0 nitrogen and oxygen atoms in total. The first-order chi connectivity index (χ1) is 13.8. The van der Waals surface area contributed by atoms with Crippen LogP contribution in [0.5, 0.6) is 0 Å². The Morgan fingerprint density at radius 2 is 1.60 bits per heavy atom. The molecule has 3 aromatic rings. The summed E-state index contributed by atoms with van der Waals surface area (Å²) in [6.07, 6.45) is 10.0. The van der Waals surface area contributed by atoms with Crippen LogP contribution in [-0.4, -0.2) is 10.9 Å². The van der Waals surface area contributed by atoms with Crippen molar-refractivity contribution in [2.75, 3.05) is 0 Å². The van der Waals surface area contributed by atoms with Gasteiger partial charge in [-0.25, -0.2) is 12.2 Å². The van der Waals surface area contributed by atoms with Gasteiger partial charge in [-0.3, -0.25) is 6.08 Å². The summed E-state index contributed by atoms with van der Waals surface area (Å²) in [6.45, 7) is 2.15. The fourth-order valence-corrected chi connectivity index (χ4v) is 46.5. The SMILES string of the molecule is C1C[Si]2=[Zr]=[Si]1CC2.Cc1cc2c(-c3ccccc3)cccc2[cH-]1.[C-]1=CC=CC1.[Cl-].[Cl-]. The first-order valence-corrected chi connectivity index (χ1v) is 21.4. The van der Waals surface area contributed by atoms with Gasteiger partial charge in [-0.15, -0.1) is 41.0 Å². The van der Waals surface area contributed by atoms with Crippen molar-refractivity contribution in [3.05, 3.63) is 90.5 Å². The van der Waals surface area contributed by atoms with Crippen LogP contribution in [0.1, 0.15) is 12.0 Å². The number of rotatable bonds is 1. The molecular formula is C25H26Cl2Si2Zr-4. The molecule has 0 saturated carbocycles. The smallest absolute Gasteiger partial charge is 0.0279 e. The molecule has 6 rings (SSSR count). The molecule has 30 heavy (non-hydrogen) atoms. The van der Waals surface area contributed by atoms with Crippen LogP contribution in [0.15, 0.2) is 78.9 Å². The fourth-order valence-electron chi connectivity index (χ4n) is 3.95. The van der Waals surface area contributed by atoms with Crippen molar-refractivity contribution in [1.82, 2.24) is 0 Å². The number of hydrogen-bond donors (Lipinski definition) is 0. The van der Waals surface area contributed by atoms with Gasteiger partial charge in [0.15, 0.2) is 0 Å². The van der Waals surface area contributed by atoms with E-state index in [1.807, 2.05) is 12.2 Å². The average molecular weight is 545 g/mol. The Bertz CT molecular complexity index is 1050. The molecule has 156 valence electrons. The van der Waals surface area contributed by atoms with Gasteiger partial charge in [0, 0.05) is 0 Å². The average Bonchev–Trinajstić information content (AvgIpc) is 3.54. The first kappa shape index (κ1) is 25.7. The van der Waals surface area contributed by atoms with E-state index in [4.69, 9.17) is 0 Å². The van der Waals surface area contributed by atoms with Gasteiger partial charge in [-0.2, -0.15) is 12.1 Å². The van der Waals surface area contributed by atoms with Crippen LogP contribution in [0.4, 0.5) is 0 Å². The second-order valence-electron chi connectivity index (χ2n) is 7.54. The third kappa shape index (κ3) is 6.97. The Labute approximate surface area is 204 Å². The van der Waals surface area contributed by atoms with E-state index in [2.05, 4.69) is 79.7 Å². The number of halogens is 2. The Hall–Kier alpha value is -0.573. The molecule has 0 aromatic heterocycles. The molecule has 3 aromatic carbocycles. The Morgan fingerprint density at radius 3 is 2.10 bits per heavy atom. The second kappa shape index (κ2) is 13.1. The van der Waals surface area contributed by atoms with Crippen molar-refractivity contribution in [3.63, 3.8) is 0 Å². The molecule has 0 atom stereocenters. The van der Waals surface area contributed by atoms with E-state index >= 15 is 0 Å². The molecule has 2 aliphatic heterocycles. The Kier molecular flexibility index (Phi) is 11.2. The zero-order valence-electron chi connectivity index (χ0n) is 17.3. The quantitative estimate of drug-likeness (QED) is 0.316. The summed E-state index contributed by atoms with van der Waals surface area (Å²) in [5.74, 6) is 0. The molecule has 1 aliphatic carbocycles. The third-order valence-corrected chi connectivity index (χ3v) is 35.6. The standard InChI is InChI=1S/C16H13.C5H5.C4H8Si2.2ClH.Zr/c1-12-10-14-8-5-9-15(16(14)11-12)13-6-3-2-4-7-13;1-2-4-5-3-1;1-2-6-4-3-5-1;;;/h2-11H,1H3;1-3H,4H2;1-4H2;2*1H;/q2*-1;;;;/p-2. The van der Waals surface area contributed by atoms with Gasteiger partial charge in [0.25, 0.3) is 0 Å². The van der Waals surface area contributed by atoms with Gasteiger partial charge < -0.3 is 24.8 Å². The van der Waals surface area contributed by atoms with Gasteiger partial charge in [0.1, 0.15) is 0 Å². The number of fused-ring (bicyclic) bond motifs is 1. The molecule has 5 heteroatoms. The van der Waals surface area contributed by atoms with E-state index in [1.165, 1.54) is 27.5 Å². The van der Waals surface area contributed by atoms with Crippen LogP contribution in [0.2, 0.25) is 24.2 Å². The maximum Gasteiger partial charge on any atom is -0.0279 e. The summed E-state index contributed by atoms with van der Waals surface area (Å²) in [6, 6.07) is 28.7. The van der Waals surface area contributed by atoms with Crippen LogP contribution < -0.4 is 24.8 Å². The number of allylic oxidation sites excluding steroid dienone is 4. The van der Waals surface area contributed by atoms with Crippen LogP contribution in [-0.2, 0) is 20.5 Å². The van der Waals surface area contributed by atoms with Crippen LogP contribution in [0.25, 0.3) is 21.9 Å². The number of aryl methyl sites for hydroxylation is 1. The van der Waals surface area contributed by atoms with Gasteiger partial charge in [-0.05, 0) is 5.56 Å². The zero-order valence-corrected chi connectivity index (χ0v) is 23.3. The largest absolute Gasteiger partial charge is 1.00 e. The summed E-state index contributed by atoms with van der Waals surface area (Å²) in [7, 11) is 0. The molecule has 0 saturated heterocycles. The van der Waals surface area contributed by atoms with Gasteiger partial charge >= 0.3 is 55.5 Å². The maximum absolute atomic E-state index is 2.99. The molecule has 2 heterocycles. The Balaban J connectivity index is 0.000000189. The van der Waals surface area contributed by atoms with Crippen molar-refractivity contribution in [3.8, 4) is 11.1 Å². The summed E-state index contributed by atoms with van der Waals surface area (Å²) in [4.78, 5) is 0. The molecule has 0 fully saturated rings. The molecule has 0 spiro atoms. The molecular weight excluding hydrogens is 519 g/mol. The van der Waals surface area contributed by atoms with Crippen molar-refractivity contribution in [2.24, 2.45) is 0 Å². The van der Waals surface area contributed by atoms with Crippen LogP contribution in [0, 0.1) is 13.0 Å².